The molecular weight excluding hydrogens is 260 g/mol. The van der Waals surface area contributed by atoms with Crippen LogP contribution in [-0.2, 0) is 9.84 Å². The third kappa shape index (κ3) is 5.79. The second kappa shape index (κ2) is 6.55. The summed E-state index contributed by atoms with van der Waals surface area (Å²) in [5.41, 5.74) is 0.244. The molecule has 2 unspecified atom stereocenters. The molecule has 1 fully saturated rings. The average molecular weight is 290 g/mol. The first-order chi connectivity index (χ1) is 8.63. The van der Waals surface area contributed by atoms with Crippen LogP contribution in [0, 0.1) is 5.41 Å². The monoisotopic (exact) mass is 290 g/mol. The first-order valence-corrected chi connectivity index (χ1v) is 9.34. The van der Waals surface area contributed by atoms with Crippen molar-refractivity contribution in [3.05, 3.63) is 0 Å². The number of hydrogen-bond acceptors (Lipinski definition) is 4. The summed E-state index contributed by atoms with van der Waals surface area (Å²) in [7, 11) is -2.83. The number of rotatable bonds is 5. The first kappa shape index (κ1) is 16.9. The van der Waals surface area contributed by atoms with E-state index < -0.39 is 9.84 Å². The lowest BCUT2D eigenvalue weighted by molar-refractivity contribution is 0.0839. The van der Waals surface area contributed by atoms with Crippen LogP contribution in [0.3, 0.4) is 0 Å². The van der Waals surface area contributed by atoms with Gasteiger partial charge in [0, 0.05) is 31.4 Å². The van der Waals surface area contributed by atoms with Crippen molar-refractivity contribution in [3.63, 3.8) is 0 Å². The smallest absolute Gasteiger partial charge is 0.147 e. The summed E-state index contributed by atoms with van der Waals surface area (Å²) < 4.78 is 22.4. The van der Waals surface area contributed by atoms with Crippen LogP contribution >= 0.6 is 0 Å². The van der Waals surface area contributed by atoms with Gasteiger partial charge in [0.05, 0.1) is 5.75 Å². The van der Waals surface area contributed by atoms with Crippen molar-refractivity contribution in [1.82, 2.24) is 10.2 Å². The lowest BCUT2D eigenvalue weighted by atomic mass is 9.84. The second-order valence-corrected chi connectivity index (χ2v) is 9.13. The number of nitrogens with one attached hydrogen (secondary N) is 1. The highest BCUT2D eigenvalue weighted by atomic mass is 32.2. The van der Waals surface area contributed by atoms with Crippen molar-refractivity contribution in [2.24, 2.45) is 5.41 Å². The molecule has 0 amide bonds. The molecule has 0 aromatic rings. The van der Waals surface area contributed by atoms with Crippen molar-refractivity contribution < 1.29 is 8.42 Å². The molecule has 5 heteroatoms. The highest BCUT2D eigenvalue weighted by Crippen LogP contribution is 2.24. The van der Waals surface area contributed by atoms with Crippen LogP contribution in [-0.4, -0.2) is 57.0 Å². The fraction of sp³-hybridized carbons (Fsp3) is 1.00. The maximum absolute atomic E-state index is 11.2. The molecule has 2 atom stereocenters. The van der Waals surface area contributed by atoms with Gasteiger partial charge in [0.25, 0.3) is 0 Å². The van der Waals surface area contributed by atoms with Gasteiger partial charge in [0.2, 0.25) is 0 Å². The molecule has 19 heavy (non-hydrogen) atoms. The SMILES string of the molecule is CCC1CNC(C(C)(C)C)CN1CCCS(C)(=O)=O. The molecule has 1 heterocycles. The Bertz CT molecular complexity index is 373. The molecule has 0 aromatic carbocycles. The highest BCUT2D eigenvalue weighted by molar-refractivity contribution is 7.90. The highest BCUT2D eigenvalue weighted by Gasteiger charge is 2.33. The van der Waals surface area contributed by atoms with Gasteiger partial charge in [-0.25, -0.2) is 8.42 Å². The number of nitrogens with zero attached hydrogens (tertiary/aromatic N) is 1. The standard InChI is InChI=1S/C14H30N2O2S/c1-6-12-10-15-13(14(2,3)4)11-16(12)8-7-9-19(5,17)18/h12-13,15H,6-11H2,1-5H3. The molecule has 0 aliphatic carbocycles. The molecule has 0 aromatic heterocycles. The molecule has 1 aliphatic heterocycles. The van der Waals surface area contributed by atoms with Gasteiger partial charge in [0.15, 0.2) is 0 Å². The summed E-state index contributed by atoms with van der Waals surface area (Å²) in [6.07, 6.45) is 3.18. The van der Waals surface area contributed by atoms with Gasteiger partial charge < -0.3 is 5.32 Å². The van der Waals surface area contributed by atoms with E-state index in [-0.39, 0.29) is 5.41 Å². The van der Waals surface area contributed by atoms with Crippen molar-refractivity contribution >= 4 is 9.84 Å². The molecule has 0 bridgehead atoms. The Morgan fingerprint density at radius 1 is 1.32 bits per heavy atom. The minimum Gasteiger partial charge on any atom is -0.311 e. The van der Waals surface area contributed by atoms with Crippen LogP contribution in [0.5, 0.6) is 0 Å². The minimum atomic E-state index is -2.83. The number of hydrogen-bond donors (Lipinski definition) is 1. The van der Waals surface area contributed by atoms with E-state index >= 15 is 0 Å². The zero-order valence-electron chi connectivity index (χ0n) is 13.1. The molecule has 1 N–H and O–H groups in total. The molecule has 4 nitrogen and oxygen atoms in total. The fourth-order valence-electron chi connectivity index (χ4n) is 2.64. The van der Waals surface area contributed by atoms with Gasteiger partial charge >= 0.3 is 0 Å². The summed E-state index contributed by atoms with van der Waals surface area (Å²) in [6, 6.07) is 1.02. The Labute approximate surface area is 118 Å². The quantitative estimate of drug-likeness (QED) is 0.834. The van der Waals surface area contributed by atoms with E-state index in [2.05, 4.69) is 37.9 Å². The number of piperazine rings is 1. The van der Waals surface area contributed by atoms with Gasteiger partial charge in [-0.05, 0) is 24.8 Å². The van der Waals surface area contributed by atoms with Gasteiger partial charge in [-0.2, -0.15) is 0 Å². The van der Waals surface area contributed by atoms with Gasteiger partial charge in [0.1, 0.15) is 9.84 Å². The van der Waals surface area contributed by atoms with Crippen molar-refractivity contribution in [2.75, 3.05) is 31.6 Å². The molecule has 114 valence electrons. The van der Waals surface area contributed by atoms with E-state index in [0.29, 0.717) is 17.8 Å². The van der Waals surface area contributed by atoms with Crippen molar-refractivity contribution in [2.45, 2.75) is 52.6 Å². The zero-order chi connectivity index (χ0) is 14.7. The summed E-state index contributed by atoms with van der Waals surface area (Å²) >= 11 is 0. The second-order valence-electron chi connectivity index (χ2n) is 6.87. The molecule has 0 spiro atoms. The van der Waals surface area contributed by atoms with Crippen LogP contribution in [0.2, 0.25) is 0 Å². The Balaban J connectivity index is 2.55. The third-order valence-corrected chi connectivity index (χ3v) is 5.04. The van der Waals surface area contributed by atoms with Crippen LogP contribution in [0.15, 0.2) is 0 Å². The summed E-state index contributed by atoms with van der Waals surface area (Å²) in [5.74, 6) is 0.299. The minimum absolute atomic E-state index is 0.244. The van der Waals surface area contributed by atoms with E-state index in [0.717, 1.165) is 32.5 Å². The summed E-state index contributed by atoms with van der Waals surface area (Å²) in [5, 5.41) is 3.64. The van der Waals surface area contributed by atoms with Gasteiger partial charge in [-0.15, -0.1) is 0 Å². The van der Waals surface area contributed by atoms with Crippen molar-refractivity contribution in [1.29, 1.82) is 0 Å². The third-order valence-electron chi connectivity index (χ3n) is 4.01. The Morgan fingerprint density at radius 2 is 1.95 bits per heavy atom. The first-order valence-electron chi connectivity index (χ1n) is 7.28. The van der Waals surface area contributed by atoms with Gasteiger partial charge in [-0.1, -0.05) is 27.7 Å². The Hall–Kier alpha value is -0.130. The largest absolute Gasteiger partial charge is 0.311 e. The van der Waals surface area contributed by atoms with E-state index in [1.54, 1.807) is 0 Å². The van der Waals surface area contributed by atoms with Crippen LogP contribution in [0.1, 0.15) is 40.5 Å². The molecule has 1 aliphatic rings. The molecule has 1 rings (SSSR count). The van der Waals surface area contributed by atoms with E-state index in [9.17, 15) is 8.42 Å². The summed E-state index contributed by atoms with van der Waals surface area (Å²) in [6.45, 7) is 11.9. The molecule has 1 saturated heterocycles. The zero-order valence-corrected chi connectivity index (χ0v) is 13.9. The van der Waals surface area contributed by atoms with E-state index in [1.165, 1.54) is 6.26 Å². The predicted octanol–water partition coefficient (Wildman–Crippen LogP) is 1.52. The lowest BCUT2D eigenvalue weighted by Gasteiger charge is -2.45. The lowest BCUT2D eigenvalue weighted by Crippen LogP contribution is -2.60. The predicted molar refractivity (Wildman–Crippen MR) is 81.2 cm³/mol. The summed E-state index contributed by atoms with van der Waals surface area (Å²) in [4.78, 5) is 2.47. The normalized spacial score (nSPS) is 26.6. The van der Waals surface area contributed by atoms with Gasteiger partial charge in [-0.3, -0.25) is 4.90 Å². The van der Waals surface area contributed by atoms with E-state index in [4.69, 9.17) is 0 Å². The van der Waals surface area contributed by atoms with Crippen LogP contribution in [0.4, 0.5) is 0 Å². The van der Waals surface area contributed by atoms with E-state index in [1.807, 2.05) is 0 Å². The van der Waals surface area contributed by atoms with Crippen LogP contribution < -0.4 is 5.32 Å². The topological polar surface area (TPSA) is 49.4 Å². The van der Waals surface area contributed by atoms with Crippen LogP contribution in [0.25, 0.3) is 0 Å². The van der Waals surface area contributed by atoms with Crippen molar-refractivity contribution in [3.8, 4) is 0 Å². The molecule has 0 saturated carbocycles. The maximum atomic E-state index is 11.2. The Kier molecular flexibility index (Phi) is 5.83. The Morgan fingerprint density at radius 3 is 2.42 bits per heavy atom. The molecule has 0 radical (unpaired) electrons. The average Bonchev–Trinajstić information content (AvgIpc) is 2.26. The number of sulfone groups is 1. The molecular formula is C14H30N2O2S. The maximum Gasteiger partial charge on any atom is 0.147 e. The fourth-order valence-corrected chi connectivity index (χ4v) is 3.30.